The number of carbonyl (C=O) groups is 2. The minimum atomic E-state index is 0.0840. The van der Waals surface area contributed by atoms with E-state index in [4.69, 9.17) is 4.74 Å². The maximum atomic E-state index is 13.7. The zero-order chi connectivity index (χ0) is 23.8. The first-order valence-electron chi connectivity index (χ1n) is 12.9. The zero-order valence-electron chi connectivity index (χ0n) is 20.0. The van der Waals surface area contributed by atoms with Crippen LogP contribution in [0.15, 0.2) is 48.8 Å². The maximum absolute atomic E-state index is 13.7. The summed E-state index contributed by atoms with van der Waals surface area (Å²) in [4.78, 5) is 37.2. The van der Waals surface area contributed by atoms with Gasteiger partial charge in [0.25, 0.3) is 5.91 Å². The SMILES string of the molecule is O=C1CCCN1CCOc1ccccc1C(=O)N1[C@H]2CC[C@H]1CC(Cc1ccnc3[nH]ccc13)C2. The van der Waals surface area contributed by atoms with E-state index in [-0.39, 0.29) is 23.9 Å². The second-order valence-corrected chi connectivity index (χ2v) is 10.2. The summed E-state index contributed by atoms with van der Waals surface area (Å²) in [5, 5.41) is 1.21. The number of hydrogen-bond donors (Lipinski definition) is 1. The Morgan fingerprint density at radius 1 is 1.11 bits per heavy atom. The maximum Gasteiger partial charge on any atom is 0.258 e. The predicted molar refractivity (Wildman–Crippen MR) is 133 cm³/mol. The van der Waals surface area contributed by atoms with Crippen molar-refractivity contribution in [3.8, 4) is 5.75 Å². The molecule has 2 atom stereocenters. The standard InChI is InChI=1S/C28H32N4O3/c33-26-6-3-13-31(26)14-15-35-25-5-2-1-4-24(25)28(34)32-21-7-8-22(32)18-19(17-21)16-20-9-11-29-27-23(20)10-12-30-27/h1-2,4-5,9-12,19,21-22H,3,6-8,13-18H2,(H,29,30)/t21-,22-/m0/s1. The van der Waals surface area contributed by atoms with Gasteiger partial charge in [-0.1, -0.05) is 12.1 Å². The first-order chi connectivity index (χ1) is 17.2. The van der Waals surface area contributed by atoms with Crippen molar-refractivity contribution in [2.75, 3.05) is 19.7 Å². The number of rotatable bonds is 7. The number of nitrogens with one attached hydrogen (secondary N) is 1. The Bertz CT molecular complexity index is 1220. The number of carbonyl (C=O) groups excluding carboxylic acids is 2. The van der Waals surface area contributed by atoms with Crippen LogP contribution < -0.4 is 4.74 Å². The number of aromatic nitrogens is 2. The second-order valence-electron chi connectivity index (χ2n) is 10.2. The topological polar surface area (TPSA) is 78.5 Å². The minimum Gasteiger partial charge on any atom is -0.491 e. The van der Waals surface area contributed by atoms with Crippen molar-refractivity contribution in [3.05, 3.63) is 59.9 Å². The lowest BCUT2D eigenvalue weighted by atomic mass is 9.85. The molecule has 3 fully saturated rings. The van der Waals surface area contributed by atoms with Gasteiger partial charge in [-0.05, 0) is 74.3 Å². The lowest BCUT2D eigenvalue weighted by Crippen LogP contribution is -2.47. The largest absolute Gasteiger partial charge is 0.491 e. The number of piperidine rings is 1. The van der Waals surface area contributed by atoms with Gasteiger partial charge in [0, 0.05) is 42.8 Å². The summed E-state index contributed by atoms with van der Waals surface area (Å²) in [5.41, 5.74) is 2.93. The number of para-hydroxylation sites is 1. The van der Waals surface area contributed by atoms with Crippen molar-refractivity contribution >= 4 is 22.8 Å². The Labute approximate surface area is 205 Å². The van der Waals surface area contributed by atoms with Crippen LogP contribution in [-0.4, -0.2) is 63.4 Å². The molecule has 6 rings (SSSR count). The first-order valence-corrected chi connectivity index (χ1v) is 12.9. The number of hydrogen-bond acceptors (Lipinski definition) is 4. The molecule has 2 aromatic heterocycles. The molecular formula is C28H32N4O3. The lowest BCUT2D eigenvalue weighted by molar-refractivity contribution is -0.128. The summed E-state index contributed by atoms with van der Waals surface area (Å²) in [6.45, 7) is 1.78. The van der Waals surface area contributed by atoms with Gasteiger partial charge in [0.2, 0.25) is 5.91 Å². The highest BCUT2D eigenvalue weighted by Crippen LogP contribution is 2.41. The van der Waals surface area contributed by atoms with Crippen LogP contribution in [0, 0.1) is 5.92 Å². The lowest BCUT2D eigenvalue weighted by Gasteiger charge is -2.39. The fourth-order valence-corrected chi connectivity index (χ4v) is 6.41. The fraction of sp³-hybridized carbons (Fsp3) is 0.464. The summed E-state index contributed by atoms with van der Waals surface area (Å²) in [5.74, 6) is 1.47. The van der Waals surface area contributed by atoms with Crippen LogP contribution in [0.25, 0.3) is 11.0 Å². The molecule has 0 aliphatic carbocycles. The van der Waals surface area contributed by atoms with Crippen LogP contribution in [0.2, 0.25) is 0 Å². The van der Waals surface area contributed by atoms with Gasteiger partial charge in [-0.3, -0.25) is 9.59 Å². The van der Waals surface area contributed by atoms with E-state index in [1.54, 1.807) is 0 Å². The van der Waals surface area contributed by atoms with E-state index >= 15 is 0 Å². The van der Waals surface area contributed by atoms with E-state index in [9.17, 15) is 9.59 Å². The van der Waals surface area contributed by atoms with Gasteiger partial charge in [0.15, 0.2) is 0 Å². The molecule has 1 aromatic carbocycles. The average Bonchev–Trinajstić information content (AvgIpc) is 3.58. The van der Waals surface area contributed by atoms with Crippen molar-refractivity contribution in [2.24, 2.45) is 5.92 Å². The molecule has 3 aliphatic heterocycles. The molecule has 7 heteroatoms. The van der Waals surface area contributed by atoms with E-state index in [1.165, 1.54) is 10.9 Å². The molecule has 3 aromatic rings. The smallest absolute Gasteiger partial charge is 0.258 e. The molecule has 35 heavy (non-hydrogen) atoms. The summed E-state index contributed by atoms with van der Waals surface area (Å²) < 4.78 is 6.03. The zero-order valence-corrected chi connectivity index (χ0v) is 20.0. The third-order valence-electron chi connectivity index (χ3n) is 8.03. The van der Waals surface area contributed by atoms with Crippen LogP contribution >= 0.6 is 0 Å². The number of amides is 2. The Balaban J connectivity index is 1.13. The average molecular weight is 473 g/mol. The molecule has 0 saturated carbocycles. The van der Waals surface area contributed by atoms with Crippen LogP contribution in [0.3, 0.4) is 0 Å². The highest BCUT2D eigenvalue weighted by atomic mass is 16.5. The van der Waals surface area contributed by atoms with E-state index in [0.717, 1.165) is 50.7 Å². The molecule has 7 nitrogen and oxygen atoms in total. The number of nitrogens with zero attached hydrogens (tertiary/aromatic N) is 3. The van der Waals surface area contributed by atoms with Crippen molar-refractivity contribution in [1.29, 1.82) is 0 Å². The van der Waals surface area contributed by atoms with Gasteiger partial charge in [0.05, 0.1) is 12.1 Å². The molecule has 0 radical (unpaired) electrons. The number of aromatic amines is 1. The van der Waals surface area contributed by atoms with Crippen molar-refractivity contribution in [2.45, 2.75) is 57.0 Å². The monoisotopic (exact) mass is 472 g/mol. The van der Waals surface area contributed by atoms with Gasteiger partial charge < -0.3 is 19.5 Å². The number of benzene rings is 1. The van der Waals surface area contributed by atoms with Crippen LogP contribution in [0.4, 0.5) is 0 Å². The third-order valence-corrected chi connectivity index (χ3v) is 8.03. The molecule has 0 spiro atoms. The highest BCUT2D eigenvalue weighted by Gasteiger charge is 2.43. The Kier molecular flexibility index (Phi) is 5.92. The molecule has 2 amide bonds. The van der Waals surface area contributed by atoms with Gasteiger partial charge in [-0.15, -0.1) is 0 Å². The summed E-state index contributed by atoms with van der Waals surface area (Å²) in [6, 6.07) is 12.4. The summed E-state index contributed by atoms with van der Waals surface area (Å²) >= 11 is 0. The Morgan fingerprint density at radius 2 is 1.94 bits per heavy atom. The van der Waals surface area contributed by atoms with Crippen molar-refractivity contribution in [3.63, 3.8) is 0 Å². The normalized spacial score (nSPS) is 23.9. The van der Waals surface area contributed by atoms with E-state index in [0.29, 0.717) is 36.8 Å². The second kappa shape index (κ2) is 9.36. The molecular weight excluding hydrogens is 440 g/mol. The molecule has 1 N–H and O–H groups in total. The Morgan fingerprint density at radius 3 is 2.74 bits per heavy atom. The molecule has 3 aliphatic rings. The van der Waals surface area contributed by atoms with Crippen LogP contribution in [0.5, 0.6) is 5.75 Å². The molecule has 0 unspecified atom stereocenters. The van der Waals surface area contributed by atoms with Gasteiger partial charge in [0.1, 0.15) is 18.0 Å². The van der Waals surface area contributed by atoms with Gasteiger partial charge in [-0.25, -0.2) is 4.98 Å². The van der Waals surface area contributed by atoms with Crippen molar-refractivity contribution in [1.82, 2.24) is 19.8 Å². The van der Waals surface area contributed by atoms with Crippen LogP contribution in [-0.2, 0) is 11.2 Å². The number of fused-ring (bicyclic) bond motifs is 3. The van der Waals surface area contributed by atoms with Crippen molar-refractivity contribution < 1.29 is 14.3 Å². The highest BCUT2D eigenvalue weighted by molar-refractivity contribution is 5.97. The quantitative estimate of drug-likeness (QED) is 0.559. The number of likely N-dealkylation sites (tertiary alicyclic amines) is 1. The molecule has 182 valence electrons. The molecule has 2 bridgehead atoms. The van der Waals surface area contributed by atoms with E-state index in [2.05, 4.69) is 27.0 Å². The molecule has 5 heterocycles. The molecule has 3 saturated heterocycles. The number of ether oxygens (including phenoxy) is 1. The minimum absolute atomic E-state index is 0.0840. The van der Waals surface area contributed by atoms with Gasteiger partial charge >= 0.3 is 0 Å². The Hall–Kier alpha value is -3.35. The third kappa shape index (κ3) is 4.28. The van der Waals surface area contributed by atoms with Gasteiger partial charge in [-0.2, -0.15) is 0 Å². The van der Waals surface area contributed by atoms with E-state index in [1.807, 2.05) is 41.6 Å². The number of pyridine rings is 1. The summed E-state index contributed by atoms with van der Waals surface area (Å²) in [6.07, 6.45) is 10.6. The fourth-order valence-electron chi connectivity index (χ4n) is 6.41. The van der Waals surface area contributed by atoms with Crippen LogP contribution in [0.1, 0.15) is 54.4 Å². The summed E-state index contributed by atoms with van der Waals surface area (Å²) in [7, 11) is 0. The number of H-pyrrole nitrogens is 1. The van der Waals surface area contributed by atoms with E-state index < -0.39 is 0 Å². The first kappa shape index (κ1) is 22.1. The predicted octanol–water partition coefficient (Wildman–Crippen LogP) is 4.19.